The standard InChI is InChI=1S/C12H16N2O3/c1-3-14(8-9(2)12(16)17)11(15)10-5-4-6-13-7-10/h4-7,9H,3,8H2,1-2H3,(H,16,17). The Morgan fingerprint density at radius 2 is 2.24 bits per heavy atom. The SMILES string of the molecule is CCN(CC(C)C(=O)O)C(=O)c1cccnc1. The Hall–Kier alpha value is -1.91. The Bertz CT molecular complexity index is 392. The average Bonchev–Trinajstić information content (AvgIpc) is 2.35. The number of carboxylic acids is 1. The van der Waals surface area contributed by atoms with E-state index in [4.69, 9.17) is 5.11 Å². The highest BCUT2D eigenvalue weighted by molar-refractivity contribution is 5.94. The predicted molar refractivity (Wildman–Crippen MR) is 62.6 cm³/mol. The van der Waals surface area contributed by atoms with Crippen LogP contribution in [0, 0.1) is 5.92 Å². The summed E-state index contributed by atoms with van der Waals surface area (Å²) in [5, 5.41) is 8.83. The normalized spacial score (nSPS) is 11.9. The van der Waals surface area contributed by atoms with Crippen molar-refractivity contribution < 1.29 is 14.7 Å². The Morgan fingerprint density at radius 1 is 1.53 bits per heavy atom. The highest BCUT2D eigenvalue weighted by atomic mass is 16.4. The van der Waals surface area contributed by atoms with Gasteiger partial charge in [-0.05, 0) is 19.1 Å². The molecule has 1 rings (SSSR count). The average molecular weight is 236 g/mol. The highest BCUT2D eigenvalue weighted by Gasteiger charge is 2.20. The fourth-order valence-electron chi connectivity index (χ4n) is 1.44. The molecule has 0 aromatic carbocycles. The lowest BCUT2D eigenvalue weighted by atomic mass is 10.1. The van der Waals surface area contributed by atoms with Gasteiger partial charge < -0.3 is 10.0 Å². The van der Waals surface area contributed by atoms with E-state index < -0.39 is 11.9 Å². The molecular formula is C12H16N2O3. The van der Waals surface area contributed by atoms with Crippen LogP contribution >= 0.6 is 0 Å². The first-order chi connectivity index (χ1) is 8.06. The Kier molecular flexibility index (Phi) is 4.63. The predicted octanol–water partition coefficient (Wildman–Crippen LogP) is 1.26. The monoisotopic (exact) mass is 236 g/mol. The second-order valence-electron chi connectivity index (χ2n) is 3.82. The number of carbonyl (C=O) groups is 2. The van der Waals surface area contributed by atoms with Crippen molar-refractivity contribution in [3.63, 3.8) is 0 Å². The third kappa shape index (κ3) is 3.55. The molecule has 1 amide bonds. The minimum absolute atomic E-state index is 0.186. The lowest BCUT2D eigenvalue weighted by Gasteiger charge is -2.22. The summed E-state index contributed by atoms with van der Waals surface area (Å²) < 4.78 is 0. The summed E-state index contributed by atoms with van der Waals surface area (Å²) in [6.45, 7) is 4.09. The molecule has 0 saturated carbocycles. The summed E-state index contributed by atoms with van der Waals surface area (Å²) in [6, 6.07) is 3.35. The molecule has 1 unspecified atom stereocenters. The van der Waals surface area contributed by atoms with Gasteiger partial charge in [0.25, 0.3) is 5.91 Å². The van der Waals surface area contributed by atoms with E-state index in [1.54, 1.807) is 25.3 Å². The third-order valence-corrected chi connectivity index (χ3v) is 2.49. The van der Waals surface area contributed by atoms with E-state index in [2.05, 4.69) is 4.98 Å². The van der Waals surface area contributed by atoms with E-state index in [-0.39, 0.29) is 12.5 Å². The molecule has 1 atom stereocenters. The van der Waals surface area contributed by atoms with Crippen LogP contribution in [0.25, 0.3) is 0 Å². The van der Waals surface area contributed by atoms with Gasteiger partial charge in [0.1, 0.15) is 0 Å². The van der Waals surface area contributed by atoms with Gasteiger partial charge in [-0.2, -0.15) is 0 Å². The van der Waals surface area contributed by atoms with E-state index in [0.717, 1.165) is 0 Å². The van der Waals surface area contributed by atoms with Crippen LogP contribution in [-0.4, -0.2) is 40.0 Å². The van der Waals surface area contributed by atoms with Gasteiger partial charge in [0, 0.05) is 25.5 Å². The molecule has 1 aromatic heterocycles. The Labute approximate surface area is 100 Å². The molecule has 92 valence electrons. The number of hydrogen-bond acceptors (Lipinski definition) is 3. The van der Waals surface area contributed by atoms with Gasteiger partial charge in [0.05, 0.1) is 11.5 Å². The summed E-state index contributed by atoms with van der Waals surface area (Å²) in [5.74, 6) is -1.66. The maximum atomic E-state index is 12.0. The summed E-state index contributed by atoms with van der Waals surface area (Å²) in [6.07, 6.45) is 3.07. The van der Waals surface area contributed by atoms with Gasteiger partial charge in [-0.1, -0.05) is 6.92 Å². The van der Waals surface area contributed by atoms with Crippen molar-refractivity contribution in [3.8, 4) is 0 Å². The molecule has 5 nitrogen and oxygen atoms in total. The number of nitrogens with zero attached hydrogens (tertiary/aromatic N) is 2. The summed E-state index contributed by atoms with van der Waals surface area (Å²) in [5.41, 5.74) is 0.479. The van der Waals surface area contributed by atoms with Crippen LogP contribution in [0.1, 0.15) is 24.2 Å². The second kappa shape index (κ2) is 5.98. The molecule has 5 heteroatoms. The molecule has 1 aromatic rings. The minimum atomic E-state index is -0.901. The van der Waals surface area contributed by atoms with Crippen molar-refractivity contribution in [1.29, 1.82) is 0 Å². The molecule has 1 N–H and O–H groups in total. The Morgan fingerprint density at radius 3 is 2.71 bits per heavy atom. The van der Waals surface area contributed by atoms with Gasteiger partial charge in [-0.3, -0.25) is 14.6 Å². The lowest BCUT2D eigenvalue weighted by molar-refractivity contribution is -0.141. The van der Waals surface area contributed by atoms with Crippen molar-refractivity contribution >= 4 is 11.9 Å². The molecular weight excluding hydrogens is 220 g/mol. The first-order valence-electron chi connectivity index (χ1n) is 5.48. The topological polar surface area (TPSA) is 70.5 Å². The van der Waals surface area contributed by atoms with Crippen LogP contribution in [0.15, 0.2) is 24.5 Å². The van der Waals surface area contributed by atoms with Gasteiger partial charge in [0.15, 0.2) is 0 Å². The van der Waals surface area contributed by atoms with Crippen LogP contribution < -0.4 is 0 Å². The number of aromatic nitrogens is 1. The maximum Gasteiger partial charge on any atom is 0.308 e. The summed E-state index contributed by atoms with van der Waals surface area (Å²) in [4.78, 5) is 28.2. The number of carboxylic acid groups (broad SMARTS) is 1. The number of amides is 1. The molecule has 0 radical (unpaired) electrons. The molecule has 0 fully saturated rings. The molecule has 0 aliphatic carbocycles. The van der Waals surface area contributed by atoms with E-state index >= 15 is 0 Å². The molecule has 0 aliphatic rings. The number of aliphatic carboxylic acids is 1. The quantitative estimate of drug-likeness (QED) is 0.835. The van der Waals surface area contributed by atoms with E-state index in [1.807, 2.05) is 6.92 Å². The molecule has 0 aliphatic heterocycles. The van der Waals surface area contributed by atoms with Crippen molar-refractivity contribution in [2.24, 2.45) is 5.92 Å². The lowest BCUT2D eigenvalue weighted by Crippen LogP contribution is -2.36. The first kappa shape index (κ1) is 13.2. The Balaban J connectivity index is 2.75. The molecule has 17 heavy (non-hydrogen) atoms. The third-order valence-electron chi connectivity index (χ3n) is 2.49. The van der Waals surface area contributed by atoms with E-state index in [1.165, 1.54) is 11.1 Å². The van der Waals surface area contributed by atoms with Gasteiger partial charge in [-0.15, -0.1) is 0 Å². The fraction of sp³-hybridized carbons (Fsp3) is 0.417. The molecule has 0 saturated heterocycles. The summed E-state index contributed by atoms with van der Waals surface area (Å²) in [7, 11) is 0. The van der Waals surface area contributed by atoms with Crippen molar-refractivity contribution in [2.75, 3.05) is 13.1 Å². The molecule has 1 heterocycles. The first-order valence-corrected chi connectivity index (χ1v) is 5.48. The smallest absolute Gasteiger partial charge is 0.308 e. The van der Waals surface area contributed by atoms with Gasteiger partial charge >= 0.3 is 5.97 Å². The van der Waals surface area contributed by atoms with Crippen molar-refractivity contribution in [1.82, 2.24) is 9.88 Å². The second-order valence-corrected chi connectivity index (χ2v) is 3.82. The van der Waals surface area contributed by atoms with Crippen molar-refractivity contribution in [2.45, 2.75) is 13.8 Å². The van der Waals surface area contributed by atoms with Gasteiger partial charge in [-0.25, -0.2) is 0 Å². The van der Waals surface area contributed by atoms with Crippen molar-refractivity contribution in [3.05, 3.63) is 30.1 Å². The zero-order valence-electron chi connectivity index (χ0n) is 9.96. The fourth-order valence-corrected chi connectivity index (χ4v) is 1.44. The number of carbonyl (C=O) groups excluding carboxylic acids is 1. The van der Waals surface area contributed by atoms with Crippen LogP contribution in [0.2, 0.25) is 0 Å². The number of hydrogen-bond donors (Lipinski definition) is 1. The molecule has 0 spiro atoms. The largest absolute Gasteiger partial charge is 0.481 e. The number of pyridine rings is 1. The summed E-state index contributed by atoms with van der Waals surface area (Å²) >= 11 is 0. The van der Waals surface area contributed by atoms with E-state index in [9.17, 15) is 9.59 Å². The minimum Gasteiger partial charge on any atom is -0.481 e. The number of rotatable bonds is 5. The van der Waals surface area contributed by atoms with Crippen LogP contribution in [-0.2, 0) is 4.79 Å². The van der Waals surface area contributed by atoms with Gasteiger partial charge in [0.2, 0.25) is 0 Å². The zero-order chi connectivity index (χ0) is 12.8. The zero-order valence-corrected chi connectivity index (χ0v) is 9.96. The van der Waals surface area contributed by atoms with Crippen LogP contribution in [0.3, 0.4) is 0 Å². The van der Waals surface area contributed by atoms with Crippen LogP contribution in [0.5, 0.6) is 0 Å². The van der Waals surface area contributed by atoms with E-state index in [0.29, 0.717) is 12.1 Å². The molecule has 0 bridgehead atoms. The van der Waals surface area contributed by atoms with Crippen LogP contribution in [0.4, 0.5) is 0 Å². The maximum absolute atomic E-state index is 12.0. The highest BCUT2D eigenvalue weighted by Crippen LogP contribution is 2.06.